The van der Waals surface area contributed by atoms with E-state index in [1.807, 2.05) is 0 Å². The van der Waals surface area contributed by atoms with Crippen molar-refractivity contribution in [3.8, 4) is 0 Å². The average Bonchev–Trinajstić information content (AvgIpc) is 2.99. The first-order valence-electron chi connectivity index (χ1n) is 5.42. The molecule has 2 rings (SSSR count). The minimum atomic E-state index is -1.06. The molecule has 7 heteroatoms. The number of carbonyl (C=O) groups excluding carboxylic acids is 1. The first kappa shape index (κ1) is 13.2. The van der Waals surface area contributed by atoms with Crippen LogP contribution in [0.3, 0.4) is 0 Å². The quantitative estimate of drug-likeness (QED) is 0.902. The van der Waals surface area contributed by atoms with E-state index in [1.165, 1.54) is 28.6 Å². The number of thiophene rings is 1. The minimum absolute atomic E-state index is 0.0926. The molecule has 2 amide bonds. The summed E-state index contributed by atoms with van der Waals surface area (Å²) in [5, 5.41) is 13.5. The van der Waals surface area contributed by atoms with E-state index >= 15 is 0 Å². The van der Waals surface area contributed by atoms with Crippen molar-refractivity contribution in [2.24, 2.45) is 0 Å². The summed E-state index contributed by atoms with van der Waals surface area (Å²) in [4.78, 5) is 24.3. The molecule has 0 aliphatic heterocycles. The van der Waals surface area contributed by atoms with Gasteiger partial charge in [0, 0.05) is 12.6 Å². The first-order chi connectivity index (χ1) is 9.08. The Labute approximate surface area is 113 Å². The highest BCUT2D eigenvalue weighted by atomic mass is 32.1. The van der Waals surface area contributed by atoms with Crippen LogP contribution in [-0.2, 0) is 6.54 Å². The monoisotopic (exact) mass is 280 g/mol. The molecule has 2 heterocycles. The number of furan rings is 1. The van der Waals surface area contributed by atoms with Crippen LogP contribution in [0.15, 0.2) is 34.5 Å². The lowest BCUT2D eigenvalue weighted by molar-refractivity contribution is 0.0698. The molecule has 0 aromatic carbocycles. The van der Waals surface area contributed by atoms with Crippen LogP contribution in [0.2, 0.25) is 0 Å². The molecule has 0 saturated carbocycles. The Morgan fingerprint density at radius 1 is 1.47 bits per heavy atom. The SMILES string of the molecule is CN(Cc1ccoc1)C(=O)Nc1sccc1C(=O)O. The molecule has 0 spiro atoms. The second-order valence-corrected chi connectivity index (χ2v) is 4.80. The van der Waals surface area contributed by atoms with E-state index in [0.29, 0.717) is 11.5 Å². The molecule has 2 N–H and O–H groups in total. The van der Waals surface area contributed by atoms with Gasteiger partial charge in [-0.25, -0.2) is 9.59 Å². The van der Waals surface area contributed by atoms with Gasteiger partial charge in [-0.3, -0.25) is 5.32 Å². The number of rotatable bonds is 4. The minimum Gasteiger partial charge on any atom is -0.478 e. The van der Waals surface area contributed by atoms with Crippen LogP contribution < -0.4 is 5.32 Å². The van der Waals surface area contributed by atoms with Gasteiger partial charge in [-0.05, 0) is 17.5 Å². The van der Waals surface area contributed by atoms with Gasteiger partial charge < -0.3 is 14.4 Å². The van der Waals surface area contributed by atoms with Crippen molar-refractivity contribution >= 4 is 28.3 Å². The van der Waals surface area contributed by atoms with Crippen molar-refractivity contribution in [3.05, 3.63) is 41.2 Å². The summed E-state index contributed by atoms with van der Waals surface area (Å²) in [5.74, 6) is -1.06. The molecule has 0 saturated heterocycles. The molecule has 6 nitrogen and oxygen atoms in total. The highest BCUT2D eigenvalue weighted by molar-refractivity contribution is 7.14. The Morgan fingerprint density at radius 2 is 2.26 bits per heavy atom. The highest BCUT2D eigenvalue weighted by Gasteiger charge is 2.16. The fourth-order valence-electron chi connectivity index (χ4n) is 1.50. The topological polar surface area (TPSA) is 82.8 Å². The van der Waals surface area contributed by atoms with Crippen molar-refractivity contribution in [1.29, 1.82) is 0 Å². The maximum Gasteiger partial charge on any atom is 0.338 e. The standard InChI is InChI=1S/C12H12N2O4S/c1-14(6-8-2-4-18-7-8)12(17)13-10-9(11(15)16)3-5-19-10/h2-5,7H,6H2,1H3,(H,13,17)(H,15,16). The van der Waals surface area contributed by atoms with Gasteiger partial charge in [-0.15, -0.1) is 11.3 Å². The van der Waals surface area contributed by atoms with Gasteiger partial charge >= 0.3 is 12.0 Å². The first-order valence-corrected chi connectivity index (χ1v) is 6.30. The molecule has 0 fully saturated rings. The third-order valence-electron chi connectivity index (χ3n) is 2.46. The second kappa shape index (κ2) is 5.57. The van der Waals surface area contributed by atoms with E-state index in [2.05, 4.69) is 5.32 Å². The Hall–Kier alpha value is -2.28. The smallest absolute Gasteiger partial charge is 0.338 e. The normalized spacial score (nSPS) is 10.2. The molecule has 100 valence electrons. The van der Waals surface area contributed by atoms with Gasteiger partial charge in [-0.1, -0.05) is 0 Å². The number of carbonyl (C=O) groups is 2. The third-order valence-corrected chi connectivity index (χ3v) is 3.29. The van der Waals surface area contributed by atoms with E-state index in [-0.39, 0.29) is 11.6 Å². The maximum absolute atomic E-state index is 11.9. The van der Waals surface area contributed by atoms with Gasteiger partial charge in [0.05, 0.1) is 24.6 Å². The number of carboxylic acid groups (broad SMARTS) is 1. The Balaban J connectivity index is 2.00. The predicted molar refractivity (Wildman–Crippen MR) is 70.5 cm³/mol. The highest BCUT2D eigenvalue weighted by Crippen LogP contribution is 2.23. The summed E-state index contributed by atoms with van der Waals surface area (Å²) in [5.41, 5.74) is 0.956. The van der Waals surface area contributed by atoms with Crippen LogP contribution >= 0.6 is 11.3 Å². The van der Waals surface area contributed by atoms with Gasteiger partial charge in [0.2, 0.25) is 0 Å². The predicted octanol–water partition coefficient (Wildman–Crippen LogP) is 2.70. The summed E-state index contributed by atoms with van der Waals surface area (Å²) in [6.07, 6.45) is 3.08. The van der Waals surface area contributed by atoms with Gasteiger partial charge in [0.15, 0.2) is 0 Å². The van der Waals surface area contributed by atoms with Crippen molar-refractivity contribution in [2.75, 3.05) is 12.4 Å². The molecule has 19 heavy (non-hydrogen) atoms. The van der Waals surface area contributed by atoms with Crippen molar-refractivity contribution < 1.29 is 19.1 Å². The van der Waals surface area contributed by atoms with Crippen LogP contribution in [0.4, 0.5) is 9.80 Å². The zero-order valence-electron chi connectivity index (χ0n) is 10.1. The lowest BCUT2D eigenvalue weighted by atomic mass is 10.3. The zero-order chi connectivity index (χ0) is 13.8. The number of urea groups is 1. The maximum atomic E-state index is 11.9. The number of hydrogen-bond acceptors (Lipinski definition) is 4. The third kappa shape index (κ3) is 3.14. The summed E-state index contributed by atoms with van der Waals surface area (Å²) < 4.78 is 4.92. The molecule has 0 atom stereocenters. The van der Waals surface area contributed by atoms with E-state index in [1.54, 1.807) is 24.8 Å². The summed E-state index contributed by atoms with van der Waals surface area (Å²) in [7, 11) is 1.62. The summed E-state index contributed by atoms with van der Waals surface area (Å²) in [6.45, 7) is 0.385. The van der Waals surface area contributed by atoms with Crippen LogP contribution in [0.25, 0.3) is 0 Å². The van der Waals surface area contributed by atoms with Gasteiger partial charge in [-0.2, -0.15) is 0 Å². The van der Waals surface area contributed by atoms with E-state index in [0.717, 1.165) is 5.56 Å². The van der Waals surface area contributed by atoms with E-state index in [4.69, 9.17) is 9.52 Å². The molecule has 2 aromatic heterocycles. The van der Waals surface area contributed by atoms with Crippen molar-refractivity contribution in [1.82, 2.24) is 4.90 Å². The largest absolute Gasteiger partial charge is 0.478 e. The van der Waals surface area contributed by atoms with Crippen LogP contribution in [0.5, 0.6) is 0 Å². The summed E-state index contributed by atoms with van der Waals surface area (Å²) in [6, 6.07) is 2.85. The fraction of sp³-hybridized carbons (Fsp3) is 0.167. The molecule has 0 aliphatic rings. The number of nitrogens with zero attached hydrogens (tertiary/aromatic N) is 1. The number of aromatic carboxylic acids is 1. The van der Waals surface area contributed by atoms with E-state index < -0.39 is 5.97 Å². The number of anilines is 1. The lowest BCUT2D eigenvalue weighted by Crippen LogP contribution is -2.30. The number of carboxylic acids is 1. The molecular formula is C12H12N2O4S. The van der Waals surface area contributed by atoms with Crippen LogP contribution in [-0.4, -0.2) is 29.1 Å². The molecule has 0 radical (unpaired) electrons. The molecule has 0 bridgehead atoms. The fourth-order valence-corrected chi connectivity index (χ4v) is 2.26. The zero-order valence-corrected chi connectivity index (χ0v) is 10.9. The number of amides is 2. The second-order valence-electron chi connectivity index (χ2n) is 3.89. The Kier molecular flexibility index (Phi) is 3.86. The van der Waals surface area contributed by atoms with Crippen molar-refractivity contribution in [3.63, 3.8) is 0 Å². The number of nitrogens with one attached hydrogen (secondary N) is 1. The average molecular weight is 280 g/mol. The van der Waals surface area contributed by atoms with Crippen LogP contribution in [0, 0.1) is 0 Å². The molecule has 0 unspecified atom stereocenters. The Morgan fingerprint density at radius 3 is 2.89 bits per heavy atom. The summed E-state index contributed by atoms with van der Waals surface area (Å²) >= 11 is 1.17. The molecule has 2 aromatic rings. The van der Waals surface area contributed by atoms with Crippen LogP contribution in [0.1, 0.15) is 15.9 Å². The van der Waals surface area contributed by atoms with Crippen molar-refractivity contribution in [2.45, 2.75) is 6.54 Å². The number of hydrogen-bond donors (Lipinski definition) is 2. The Bertz CT molecular complexity index is 576. The molecular weight excluding hydrogens is 268 g/mol. The van der Waals surface area contributed by atoms with E-state index in [9.17, 15) is 9.59 Å². The lowest BCUT2D eigenvalue weighted by Gasteiger charge is -2.16. The molecule has 0 aliphatic carbocycles. The van der Waals surface area contributed by atoms with Gasteiger partial charge in [0.25, 0.3) is 0 Å². The van der Waals surface area contributed by atoms with Gasteiger partial charge in [0.1, 0.15) is 5.00 Å².